The van der Waals surface area contributed by atoms with Crippen LogP contribution < -0.4 is 4.90 Å². The molecular weight excluding hydrogens is 157 g/mol. The Balaban J connectivity index is 2.78. The van der Waals surface area contributed by atoms with Crippen molar-refractivity contribution >= 4 is 11.6 Å². The maximum Gasteiger partial charge on any atom is 0.258 e. The lowest BCUT2D eigenvalue weighted by Gasteiger charge is -2.14. The number of anilines is 1. The number of nitrogens with zero attached hydrogens (tertiary/aromatic N) is 1. The van der Waals surface area contributed by atoms with Crippen molar-refractivity contribution in [1.82, 2.24) is 0 Å². The van der Waals surface area contributed by atoms with E-state index in [0.717, 1.165) is 0 Å². The lowest BCUT2D eigenvalue weighted by molar-refractivity contribution is -0.119. The number of hydrogen-bond acceptors (Lipinski definition) is 1. The predicted molar refractivity (Wildman–Crippen MR) is 45.8 cm³/mol. The Kier molecular flexibility index (Phi) is 2.80. The van der Waals surface area contributed by atoms with Gasteiger partial charge in [0.2, 0.25) is 0 Å². The standard InChI is InChI=1S/C9H10FNO/c1-11(9(12)7-10)8-5-3-2-4-6-8/h2-6H,7H2,1H3. The van der Waals surface area contributed by atoms with E-state index in [2.05, 4.69) is 0 Å². The van der Waals surface area contributed by atoms with Crippen molar-refractivity contribution in [2.45, 2.75) is 0 Å². The second-order valence-electron chi connectivity index (χ2n) is 2.42. The number of benzene rings is 1. The van der Waals surface area contributed by atoms with Crippen LogP contribution in [0.2, 0.25) is 0 Å². The molecule has 0 radical (unpaired) electrons. The average Bonchev–Trinajstić information content (AvgIpc) is 2.17. The Labute approximate surface area is 70.6 Å². The smallest absolute Gasteiger partial charge is 0.258 e. The molecule has 0 saturated heterocycles. The van der Waals surface area contributed by atoms with Crippen molar-refractivity contribution in [3.8, 4) is 0 Å². The molecule has 0 spiro atoms. The zero-order valence-electron chi connectivity index (χ0n) is 6.83. The fourth-order valence-electron chi connectivity index (χ4n) is 0.885. The molecule has 0 N–H and O–H groups in total. The average molecular weight is 167 g/mol. The van der Waals surface area contributed by atoms with Gasteiger partial charge in [0.1, 0.15) is 0 Å². The SMILES string of the molecule is CN(C(=O)CF)c1ccccc1. The highest BCUT2D eigenvalue weighted by Crippen LogP contribution is 2.10. The molecule has 0 bridgehead atoms. The van der Waals surface area contributed by atoms with Crippen LogP contribution in [0.25, 0.3) is 0 Å². The second kappa shape index (κ2) is 3.85. The van der Waals surface area contributed by atoms with Crippen LogP contribution in [-0.4, -0.2) is 19.6 Å². The quantitative estimate of drug-likeness (QED) is 0.655. The van der Waals surface area contributed by atoms with Crippen molar-refractivity contribution in [1.29, 1.82) is 0 Å². The van der Waals surface area contributed by atoms with E-state index in [4.69, 9.17) is 0 Å². The van der Waals surface area contributed by atoms with Crippen LogP contribution in [0.4, 0.5) is 10.1 Å². The first-order valence-corrected chi connectivity index (χ1v) is 3.63. The van der Waals surface area contributed by atoms with Gasteiger partial charge < -0.3 is 4.90 Å². The van der Waals surface area contributed by atoms with Gasteiger partial charge >= 0.3 is 0 Å². The Hall–Kier alpha value is -1.38. The molecule has 1 rings (SSSR count). The topological polar surface area (TPSA) is 20.3 Å². The van der Waals surface area contributed by atoms with Crippen LogP contribution in [0.15, 0.2) is 30.3 Å². The molecule has 3 heteroatoms. The number of carbonyl (C=O) groups excluding carboxylic acids is 1. The summed E-state index contributed by atoms with van der Waals surface area (Å²) >= 11 is 0. The highest BCUT2D eigenvalue weighted by Gasteiger charge is 2.08. The first-order chi connectivity index (χ1) is 5.75. The molecule has 1 amide bonds. The van der Waals surface area contributed by atoms with E-state index in [9.17, 15) is 9.18 Å². The summed E-state index contributed by atoms with van der Waals surface area (Å²) < 4.78 is 11.9. The third-order valence-corrected chi connectivity index (χ3v) is 1.63. The Morgan fingerprint density at radius 1 is 1.42 bits per heavy atom. The van der Waals surface area contributed by atoms with Gasteiger partial charge in [-0.2, -0.15) is 0 Å². The van der Waals surface area contributed by atoms with Gasteiger partial charge in [0, 0.05) is 12.7 Å². The van der Waals surface area contributed by atoms with E-state index < -0.39 is 12.6 Å². The Morgan fingerprint density at radius 2 is 2.00 bits per heavy atom. The van der Waals surface area contributed by atoms with Crippen LogP contribution in [0.5, 0.6) is 0 Å². The number of rotatable bonds is 2. The number of amides is 1. The summed E-state index contributed by atoms with van der Waals surface area (Å²) in [5.41, 5.74) is 0.708. The fraction of sp³-hybridized carbons (Fsp3) is 0.222. The monoisotopic (exact) mass is 167 g/mol. The molecule has 0 atom stereocenters. The first-order valence-electron chi connectivity index (χ1n) is 3.63. The van der Waals surface area contributed by atoms with Gasteiger partial charge in [0.05, 0.1) is 0 Å². The van der Waals surface area contributed by atoms with Crippen molar-refractivity contribution in [3.63, 3.8) is 0 Å². The number of para-hydroxylation sites is 1. The minimum atomic E-state index is -0.953. The van der Waals surface area contributed by atoms with Crippen LogP contribution in [0.3, 0.4) is 0 Å². The van der Waals surface area contributed by atoms with Crippen molar-refractivity contribution in [3.05, 3.63) is 30.3 Å². The van der Waals surface area contributed by atoms with Gasteiger partial charge in [0.15, 0.2) is 6.67 Å². The molecule has 0 aliphatic carbocycles. The maximum atomic E-state index is 11.9. The highest BCUT2D eigenvalue weighted by molar-refractivity contribution is 5.93. The molecule has 12 heavy (non-hydrogen) atoms. The van der Waals surface area contributed by atoms with Gasteiger partial charge in [-0.05, 0) is 12.1 Å². The van der Waals surface area contributed by atoms with Gasteiger partial charge in [-0.3, -0.25) is 4.79 Å². The van der Waals surface area contributed by atoms with Crippen LogP contribution in [-0.2, 0) is 4.79 Å². The fourth-order valence-corrected chi connectivity index (χ4v) is 0.885. The highest BCUT2D eigenvalue weighted by atomic mass is 19.1. The Morgan fingerprint density at radius 3 is 2.50 bits per heavy atom. The maximum absolute atomic E-state index is 11.9. The predicted octanol–water partition coefficient (Wildman–Crippen LogP) is 1.62. The zero-order valence-corrected chi connectivity index (χ0v) is 6.83. The molecule has 1 aromatic carbocycles. The minimum absolute atomic E-state index is 0.527. The summed E-state index contributed by atoms with van der Waals surface area (Å²) in [6.07, 6.45) is 0. The number of hydrogen-bond donors (Lipinski definition) is 0. The molecule has 0 aliphatic rings. The number of alkyl halides is 1. The molecule has 2 nitrogen and oxygen atoms in total. The van der Waals surface area contributed by atoms with E-state index in [1.54, 1.807) is 31.3 Å². The largest absolute Gasteiger partial charge is 0.313 e. The van der Waals surface area contributed by atoms with Gasteiger partial charge in [0.25, 0.3) is 5.91 Å². The third kappa shape index (κ3) is 1.81. The van der Waals surface area contributed by atoms with Crippen molar-refractivity contribution in [2.24, 2.45) is 0 Å². The third-order valence-electron chi connectivity index (χ3n) is 1.63. The van der Waals surface area contributed by atoms with Crippen LogP contribution in [0.1, 0.15) is 0 Å². The lowest BCUT2D eigenvalue weighted by Crippen LogP contribution is -2.27. The summed E-state index contributed by atoms with van der Waals surface area (Å²) in [5, 5.41) is 0. The molecule has 0 aliphatic heterocycles. The minimum Gasteiger partial charge on any atom is -0.313 e. The molecule has 0 fully saturated rings. The summed E-state index contributed by atoms with van der Waals surface area (Å²) in [6, 6.07) is 8.97. The van der Waals surface area contributed by atoms with Crippen LogP contribution >= 0.6 is 0 Å². The van der Waals surface area contributed by atoms with E-state index in [1.165, 1.54) is 4.90 Å². The molecule has 0 heterocycles. The molecule has 0 saturated carbocycles. The van der Waals surface area contributed by atoms with Gasteiger partial charge in [-0.15, -0.1) is 0 Å². The van der Waals surface area contributed by atoms with E-state index >= 15 is 0 Å². The second-order valence-corrected chi connectivity index (χ2v) is 2.42. The van der Waals surface area contributed by atoms with E-state index in [-0.39, 0.29) is 0 Å². The van der Waals surface area contributed by atoms with Gasteiger partial charge in [-0.1, -0.05) is 18.2 Å². The van der Waals surface area contributed by atoms with E-state index in [1.807, 2.05) is 6.07 Å². The zero-order chi connectivity index (χ0) is 8.97. The van der Waals surface area contributed by atoms with Crippen molar-refractivity contribution < 1.29 is 9.18 Å². The number of halogens is 1. The number of carbonyl (C=O) groups is 1. The van der Waals surface area contributed by atoms with Gasteiger partial charge in [-0.25, -0.2) is 4.39 Å². The summed E-state index contributed by atoms with van der Waals surface area (Å²) in [7, 11) is 1.55. The summed E-state index contributed by atoms with van der Waals surface area (Å²) in [4.78, 5) is 12.2. The summed E-state index contributed by atoms with van der Waals surface area (Å²) in [6.45, 7) is -0.953. The molecule has 64 valence electrons. The molecular formula is C9H10FNO. The normalized spacial score (nSPS) is 9.50. The Bertz CT molecular complexity index is 260. The molecule has 0 aromatic heterocycles. The molecule has 0 unspecified atom stereocenters. The van der Waals surface area contributed by atoms with E-state index in [0.29, 0.717) is 5.69 Å². The summed E-state index contributed by atoms with van der Waals surface area (Å²) in [5.74, 6) is -0.527. The van der Waals surface area contributed by atoms with Crippen molar-refractivity contribution in [2.75, 3.05) is 18.6 Å². The first kappa shape index (κ1) is 8.71. The van der Waals surface area contributed by atoms with Crippen LogP contribution in [0, 0.1) is 0 Å². The molecule has 1 aromatic rings. The lowest BCUT2D eigenvalue weighted by atomic mass is 10.3.